The molecular weight excluding hydrogens is 320 g/mol. The molecule has 0 radical (unpaired) electrons. The number of aromatic nitrogens is 2. The number of methoxy groups -OCH3 is 1. The summed E-state index contributed by atoms with van der Waals surface area (Å²) >= 11 is 1.20. The van der Waals surface area contributed by atoms with Crippen molar-refractivity contribution in [2.24, 2.45) is 0 Å². The molecule has 0 spiro atoms. The molecule has 0 atom stereocenters. The Morgan fingerprint density at radius 2 is 2.09 bits per heavy atom. The number of nitrogens with one attached hydrogen (secondary N) is 1. The molecule has 1 heterocycles. The van der Waals surface area contributed by atoms with E-state index in [1.54, 1.807) is 25.4 Å². The van der Waals surface area contributed by atoms with Gasteiger partial charge in [0.15, 0.2) is 10.9 Å². The first-order valence-corrected chi connectivity index (χ1v) is 7.52. The first kappa shape index (κ1) is 16.7. The van der Waals surface area contributed by atoms with Gasteiger partial charge in [-0.3, -0.25) is 14.9 Å². The van der Waals surface area contributed by atoms with E-state index in [4.69, 9.17) is 4.74 Å². The van der Waals surface area contributed by atoms with E-state index in [1.807, 2.05) is 0 Å². The third-order valence-corrected chi connectivity index (χ3v) is 3.75. The predicted octanol–water partition coefficient (Wildman–Crippen LogP) is 2.43. The number of nitrogens with zero attached hydrogens (tertiary/aromatic N) is 3. The number of aryl methyl sites for hydroxylation is 1. The van der Waals surface area contributed by atoms with Gasteiger partial charge in [-0.25, -0.2) is 9.97 Å². The molecule has 1 N–H and O–H groups in total. The minimum atomic E-state index is -0.528. The van der Waals surface area contributed by atoms with Gasteiger partial charge in [0, 0.05) is 30.2 Å². The highest BCUT2D eigenvalue weighted by Crippen LogP contribution is 2.32. The highest BCUT2D eigenvalue weighted by Gasteiger charge is 2.18. The minimum Gasteiger partial charge on any atom is -0.490 e. The van der Waals surface area contributed by atoms with Gasteiger partial charge in [-0.2, -0.15) is 0 Å². The number of nitro groups is 1. The van der Waals surface area contributed by atoms with E-state index in [-0.39, 0.29) is 23.1 Å². The van der Waals surface area contributed by atoms with Gasteiger partial charge in [-0.1, -0.05) is 11.8 Å². The monoisotopic (exact) mass is 334 g/mol. The molecule has 0 saturated carbocycles. The van der Waals surface area contributed by atoms with Gasteiger partial charge >= 0.3 is 5.69 Å². The van der Waals surface area contributed by atoms with E-state index < -0.39 is 4.92 Å². The standard InChI is InChI=1S/C14H14N4O4S/c1-9-6-11(18(20)21)12(22-2)7-10(9)17-13(19)8-23-14-15-4-3-5-16-14/h3-7H,8H2,1-2H3,(H,17,19). The van der Waals surface area contributed by atoms with E-state index in [2.05, 4.69) is 15.3 Å². The fourth-order valence-corrected chi connectivity index (χ4v) is 2.39. The molecule has 2 aromatic rings. The SMILES string of the molecule is COc1cc(NC(=O)CSc2ncccn2)c(C)cc1[N+](=O)[O-]. The normalized spacial score (nSPS) is 10.2. The summed E-state index contributed by atoms with van der Waals surface area (Å²) in [6.45, 7) is 1.68. The van der Waals surface area contributed by atoms with Gasteiger partial charge in [0.2, 0.25) is 5.91 Å². The van der Waals surface area contributed by atoms with Crippen molar-refractivity contribution < 1.29 is 14.5 Å². The third kappa shape index (κ3) is 4.39. The molecule has 9 heteroatoms. The van der Waals surface area contributed by atoms with Crippen LogP contribution in [0.2, 0.25) is 0 Å². The maximum atomic E-state index is 12.0. The number of nitro benzene ring substituents is 1. The third-order valence-electron chi connectivity index (χ3n) is 2.87. The van der Waals surface area contributed by atoms with Crippen molar-refractivity contribution in [3.05, 3.63) is 46.3 Å². The summed E-state index contributed by atoms with van der Waals surface area (Å²) in [4.78, 5) is 30.4. The molecule has 1 amide bonds. The largest absolute Gasteiger partial charge is 0.490 e. The average Bonchev–Trinajstić information content (AvgIpc) is 2.55. The van der Waals surface area contributed by atoms with Gasteiger partial charge in [0.1, 0.15) is 0 Å². The average molecular weight is 334 g/mol. The Balaban J connectivity index is 2.07. The molecule has 0 aliphatic rings. The van der Waals surface area contributed by atoms with E-state index in [0.717, 1.165) is 0 Å². The molecule has 0 saturated heterocycles. The van der Waals surface area contributed by atoms with Crippen LogP contribution in [0, 0.1) is 17.0 Å². The lowest BCUT2D eigenvalue weighted by Crippen LogP contribution is -2.15. The lowest BCUT2D eigenvalue weighted by Gasteiger charge is -2.10. The zero-order valence-corrected chi connectivity index (χ0v) is 13.3. The van der Waals surface area contributed by atoms with Crippen LogP contribution in [0.15, 0.2) is 35.7 Å². The van der Waals surface area contributed by atoms with Crippen molar-refractivity contribution in [2.45, 2.75) is 12.1 Å². The number of amides is 1. The zero-order valence-electron chi connectivity index (χ0n) is 12.5. The van der Waals surface area contributed by atoms with Gasteiger partial charge in [0.05, 0.1) is 17.8 Å². The Morgan fingerprint density at radius 3 is 2.70 bits per heavy atom. The van der Waals surface area contributed by atoms with Crippen LogP contribution in [0.3, 0.4) is 0 Å². The highest BCUT2D eigenvalue weighted by atomic mass is 32.2. The van der Waals surface area contributed by atoms with Crippen molar-refractivity contribution >= 4 is 29.0 Å². The fraction of sp³-hybridized carbons (Fsp3) is 0.214. The summed E-state index contributed by atoms with van der Waals surface area (Å²) in [5, 5.41) is 14.2. The smallest absolute Gasteiger partial charge is 0.311 e. The van der Waals surface area contributed by atoms with Crippen LogP contribution in [-0.4, -0.2) is 33.7 Å². The Bertz CT molecular complexity index is 724. The summed E-state index contributed by atoms with van der Waals surface area (Å²) in [5.41, 5.74) is 0.897. The molecule has 0 bridgehead atoms. The quantitative estimate of drug-likeness (QED) is 0.374. The van der Waals surface area contributed by atoms with Gasteiger partial charge in [0.25, 0.3) is 0 Å². The van der Waals surface area contributed by atoms with Crippen LogP contribution in [-0.2, 0) is 4.79 Å². The molecule has 0 aliphatic heterocycles. The Morgan fingerprint density at radius 1 is 1.39 bits per heavy atom. The number of carbonyl (C=O) groups excluding carboxylic acids is 1. The van der Waals surface area contributed by atoms with E-state index in [0.29, 0.717) is 16.4 Å². The molecule has 2 rings (SSSR count). The minimum absolute atomic E-state index is 0.0925. The maximum absolute atomic E-state index is 12.0. The van der Waals surface area contributed by atoms with Crippen LogP contribution < -0.4 is 10.1 Å². The zero-order chi connectivity index (χ0) is 16.8. The summed E-state index contributed by atoms with van der Waals surface area (Å²) in [5.74, 6) is -0.0423. The topological polar surface area (TPSA) is 107 Å². The second-order valence-corrected chi connectivity index (χ2v) is 5.41. The van der Waals surface area contributed by atoms with E-state index in [9.17, 15) is 14.9 Å². The van der Waals surface area contributed by atoms with Gasteiger partial charge < -0.3 is 10.1 Å². The number of ether oxygens (including phenoxy) is 1. The molecule has 1 aromatic heterocycles. The summed E-state index contributed by atoms with van der Waals surface area (Å²) < 4.78 is 4.99. The highest BCUT2D eigenvalue weighted by molar-refractivity contribution is 7.99. The first-order chi connectivity index (χ1) is 11.0. The summed E-state index contributed by atoms with van der Waals surface area (Å²) in [6, 6.07) is 4.49. The van der Waals surface area contributed by atoms with Crippen molar-refractivity contribution in [1.29, 1.82) is 0 Å². The molecule has 0 aliphatic carbocycles. The molecular formula is C14H14N4O4S. The van der Waals surface area contributed by atoms with Crippen molar-refractivity contribution in [3.8, 4) is 5.75 Å². The lowest BCUT2D eigenvalue weighted by atomic mass is 10.1. The first-order valence-electron chi connectivity index (χ1n) is 6.54. The van der Waals surface area contributed by atoms with Gasteiger partial charge in [-0.05, 0) is 18.6 Å². The number of hydrogen-bond acceptors (Lipinski definition) is 7. The molecule has 120 valence electrons. The number of carbonyl (C=O) groups is 1. The van der Waals surface area contributed by atoms with Crippen LogP contribution in [0.25, 0.3) is 0 Å². The lowest BCUT2D eigenvalue weighted by molar-refractivity contribution is -0.385. The second-order valence-electron chi connectivity index (χ2n) is 4.46. The van der Waals surface area contributed by atoms with Crippen LogP contribution in [0.1, 0.15) is 5.56 Å². The summed E-state index contributed by atoms with van der Waals surface area (Å²) in [6.07, 6.45) is 3.19. The number of hydrogen-bond donors (Lipinski definition) is 1. The van der Waals surface area contributed by atoms with Crippen molar-refractivity contribution in [3.63, 3.8) is 0 Å². The Labute approximate surface area is 136 Å². The molecule has 0 unspecified atom stereocenters. The number of thioether (sulfide) groups is 1. The number of benzene rings is 1. The van der Waals surface area contributed by atoms with E-state index in [1.165, 1.54) is 31.0 Å². The van der Waals surface area contributed by atoms with Crippen LogP contribution in [0.5, 0.6) is 5.75 Å². The molecule has 23 heavy (non-hydrogen) atoms. The van der Waals surface area contributed by atoms with Crippen molar-refractivity contribution in [2.75, 3.05) is 18.2 Å². The predicted molar refractivity (Wildman–Crippen MR) is 85.8 cm³/mol. The van der Waals surface area contributed by atoms with Gasteiger partial charge in [-0.15, -0.1) is 0 Å². The van der Waals surface area contributed by atoms with Crippen LogP contribution in [0.4, 0.5) is 11.4 Å². The Hall–Kier alpha value is -2.68. The maximum Gasteiger partial charge on any atom is 0.311 e. The molecule has 0 fully saturated rings. The molecule has 8 nitrogen and oxygen atoms in total. The fourth-order valence-electron chi connectivity index (χ4n) is 1.79. The molecule has 1 aromatic carbocycles. The van der Waals surface area contributed by atoms with Crippen LogP contribution >= 0.6 is 11.8 Å². The number of anilines is 1. The van der Waals surface area contributed by atoms with Crippen molar-refractivity contribution in [1.82, 2.24) is 9.97 Å². The Kier molecular flexibility index (Phi) is 5.47. The summed E-state index contributed by atoms with van der Waals surface area (Å²) in [7, 11) is 1.34. The van der Waals surface area contributed by atoms with E-state index >= 15 is 0 Å². The second kappa shape index (κ2) is 7.54. The number of rotatable bonds is 6.